The van der Waals surface area contributed by atoms with Crippen molar-refractivity contribution in [2.24, 2.45) is 17.8 Å². The van der Waals surface area contributed by atoms with Gasteiger partial charge >= 0.3 is 12.0 Å². The number of carbonyl (C=O) groups excluding carboxylic acids is 1. The van der Waals surface area contributed by atoms with Gasteiger partial charge in [-0.15, -0.1) is 0 Å². The number of amides is 2. The number of carbonyl (C=O) groups is 2. The maximum absolute atomic E-state index is 12.1. The lowest BCUT2D eigenvalue weighted by Crippen LogP contribution is -2.47. The summed E-state index contributed by atoms with van der Waals surface area (Å²) in [5.41, 5.74) is 0. The summed E-state index contributed by atoms with van der Waals surface area (Å²) in [4.78, 5) is 25.1. The van der Waals surface area contributed by atoms with Gasteiger partial charge in [0.15, 0.2) is 0 Å². The fourth-order valence-electron chi connectivity index (χ4n) is 2.64. The summed E-state index contributed by atoms with van der Waals surface area (Å²) in [6, 6.07) is 0.158. The highest BCUT2D eigenvalue weighted by molar-refractivity contribution is 5.76. The van der Waals surface area contributed by atoms with Gasteiger partial charge in [0, 0.05) is 19.1 Å². The van der Waals surface area contributed by atoms with E-state index in [1.165, 1.54) is 0 Å². The van der Waals surface area contributed by atoms with Crippen molar-refractivity contribution >= 4 is 12.0 Å². The molecule has 1 saturated heterocycles. The van der Waals surface area contributed by atoms with Gasteiger partial charge in [0.05, 0.1) is 5.92 Å². The van der Waals surface area contributed by atoms with Crippen molar-refractivity contribution < 1.29 is 14.7 Å². The van der Waals surface area contributed by atoms with Gasteiger partial charge in [-0.25, -0.2) is 4.79 Å². The van der Waals surface area contributed by atoms with Crippen LogP contribution in [-0.4, -0.2) is 41.1 Å². The second kappa shape index (κ2) is 6.78. The minimum Gasteiger partial charge on any atom is -0.481 e. The van der Waals surface area contributed by atoms with Gasteiger partial charge in [0.1, 0.15) is 0 Å². The molecule has 0 aromatic carbocycles. The standard InChI is InChI=1S/C14H26N2O3/c1-9(2)11(13(17)18)8-15-14(19)16-7-5-6-12(16)10(3)4/h9-12H,5-8H2,1-4H3,(H,15,19)(H,17,18). The predicted octanol–water partition coefficient (Wildman–Crippen LogP) is 2.17. The summed E-state index contributed by atoms with van der Waals surface area (Å²) in [5, 5.41) is 11.9. The van der Waals surface area contributed by atoms with E-state index in [0.717, 1.165) is 19.4 Å². The van der Waals surface area contributed by atoms with Gasteiger partial charge in [-0.2, -0.15) is 0 Å². The van der Waals surface area contributed by atoms with Crippen LogP contribution in [0.3, 0.4) is 0 Å². The Bertz CT molecular complexity index is 329. The SMILES string of the molecule is CC(C)C(CNC(=O)N1CCCC1C(C)C)C(=O)O. The quantitative estimate of drug-likeness (QED) is 0.804. The number of likely N-dealkylation sites (tertiary alicyclic amines) is 1. The highest BCUT2D eigenvalue weighted by atomic mass is 16.4. The monoisotopic (exact) mass is 270 g/mol. The highest BCUT2D eigenvalue weighted by Gasteiger charge is 2.31. The van der Waals surface area contributed by atoms with Crippen LogP contribution in [0, 0.1) is 17.8 Å². The maximum Gasteiger partial charge on any atom is 0.317 e. The van der Waals surface area contributed by atoms with E-state index < -0.39 is 11.9 Å². The lowest BCUT2D eigenvalue weighted by molar-refractivity contribution is -0.142. The number of nitrogens with one attached hydrogen (secondary N) is 1. The average Bonchev–Trinajstić information content (AvgIpc) is 2.76. The Balaban J connectivity index is 2.53. The Morgan fingerprint density at radius 2 is 1.95 bits per heavy atom. The molecule has 1 aliphatic rings. The van der Waals surface area contributed by atoms with E-state index in [-0.39, 0.29) is 24.5 Å². The highest BCUT2D eigenvalue weighted by Crippen LogP contribution is 2.23. The van der Waals surface area contributed by atoms with Crippen LogP contribution in [0.5, 0.6) is 0 Å². The molecule has 5 nitrogen and oxygen atoms in total. The number of aliphatic carboxylic acids is 1. The Morgan fingerprint density at radius 3 is 2.42 bits per heavy atom. The Morgan fingerprint density at radius 1 is 1.32 bits per heavy atom. The summed E-state index contributed by atoms with van der Waals surface area (Å²) in [7, 11) is 0. The van der Waals surface area contributed by atoms with E-state index in [0.29, 0.717) is 5.92 Å². The van der Waals surface area contributed by atoms with Crippen molar-refractivity contribution in [1.29, 1.82) is 0 Å². The molecule has 0 radical (unpaired) electrons. The van der Waals surface area contributed by atoms with Crippen molar-refractivity contribution in [3.8, 4) is 0 Å². The topological polar surface area (TPSA) is 69.6 Å². The molecule has 1 aliphatic heterocycles. The predicted molar refractivity (Wildman–Crippen MR) is 73.9 cm³/mol. The minimum atomic E-state index is -0.850. The molecule has 1 heterocycles. The Kier molecular flexibility index (Phi) is 5.63. The first-order valence-corrected chi connectivity index (χ1v) is 7.11. The van der Waals surface area contributed by atoms with E-state index in [2.05, 4.69) is 19.2 Å². The summed E-state index contributed by atoms with van der Waals surface area (Å²) < 4.78 is 0. The van der Waals surface area contributed by atoms with Crippen LogP contribution in [0.25, 0.3) is 0 Å². The molecule has 1 rings (SSSR count). The van der Waals surface area contributed by atoms with Crippen LogP contribution in [0.15, 0.2) is 0 Å². The van der Waals surface area contributed by atoms with Gasteiger partial charge in [0.2, 0.25) is 0 Å². The smallest absolute Gasteiger partial charge is 0.317 e. The van der Waals surface area contributed by atoms with Crippen LogP contribution < -0.4 is 5.32 Å². The third-order valence-corrected chi connectivity index (χ3v) is 3.92. The Hall–Kier alpha value is -1.26. The van der Waals surface area contributed by atoms with Crippen LogP contribution in [0.1, 0.15) is 40.5 Å². The lowest BCUT2D eigenvalue weighted by atomic mass is 9.96. The summed E-state index contributed by atoms with van der Waals surface area (Å²) in [6.07, 6.45) is 2.07. The second-order valence-electron chi connectivity index (χ2n) is 6.02. The number of carboxylic acid groups (broad SMARTS) is 1. The number of nitrogens with zero attached hydrogens (tertiary/aromatic N) is 1. The molecule has 2 unspecified atom stereocenters. The molecular formula is C14H26N2O3. The molecular weight excluding hydrogens is 244 g/mol. The molecule has 2 N–H and O–H groups in total. The first-order valence-electron chi connectivity index (χ1n) is 7.11. The van der Waals surface area contributed by atoms with Crippen LogP contribution >= 0.6 is 0 Å². The van der Waals surface area contributed by atoms with Gasteiger partial charge in [-0.05, 0) is 24.7 Å². The van der Waals surface area contributed by atoms with Gasteiger partial charge in [-0.1, -0.05) is 27.7 Å². The molecule has 1 fully saturated rings. The zero-order valence-electron chi connectivity index (χ0n) is 12.3. The van der Waals surface area contributed by atoms with Crippen LogP contribution in [0.2, 0.25) is 0 Å². The third-order valence-electron chi connectivity index (χ3n) is 3.92. The summed E-state index contributed by atoms with van der Waals surface area (Å²) in [5.74, 6) is -0.924. The van der Waals surface area contributed by atoms with Crippen molar-refractivity contribution in [1.82, 2.24) is 10.2 Å². The summed E-state index contributed by atoms with van der Waals surface area (Å²) >= 11 is 0. The van der Waals surface area contributed by atoms with Gasteiger partial charge < -0.3 is 15.3 Å². The largest absolute Gasteiger partial charge is 0.481 e. The Labute approximate surface area is 115 Å². The van der Waals surface area contributed by atoms with Crippen molar-refractivity contribution in [2.75, 3.05) is 13.1 Å². The maximum atomic E-state index is 12.1. The van der Waals surface area contributed by atoms with Crippen molar-refractivity contribution in [3.63, 3.8) is 0 Å². The number of urea groups is 1. The zero-order valence-corrected chi connectivity index (χ0v) is 12.3. The number of carboxylic acids is 1. The first-order chi connectivity index (χ1) is 8.84. The molecule has 2 amide bonds. The van der Waals surface area contributed by atoms with E-state index in [1.807, 2.05) is 18.7 Å². The van der Waals surface area contributed by atoms with Crippen molar-refractivity contribution in [3.05, 3.63) is 0 Å². The fraction of sp³-hybridized carbons (Fsp3) is 0.857. The number of hydrogen-bond donors (Lipinski definition) is 2. The molecule has 0 aliphatic carbocycles. The van der Waals surface area contributed by atoms with Crippen LogP contribution in [0.4, 0.5) is 4.79 Å². The van der Waals surface area contributed by atoms with Gasteiger partial charge in [0.25, 0.3) is 0 Å². The minimum absolute atomic E-state index is 0.0114. The normalized spacial score (nSPS) is 20.9. The molecule has 0 aromatic heterocycles. The van der Waals surface area contributed by atoms with E-state index in [1.54, 1.807) is 0 Å². The fourth-order valence-corrected chi connectivity index (χ4v) is 2.64. The molecule has 5 heteroatoms. The molecule has 0 aromatic rings. The summed E-state index contributed by atoms with van der Waals surface area (Å²) in [6.45, 7) is 8.92. The van der Waals surface area contributed by atoms with Gasteiger partial charge in [-0.3, -0.25) is 4.79 Å². The molecule has 0 spiro atoms. The van der Waals surface area contributed by atoms with E-state index in [9.17, 15) is 9.59 Å². The molecule has 19 heavy (non-hydrogen) atoms. The average molecular weight is 270 g/mol. The van der Waals surface area contributed by atoms with E-state index in [4.69, 9.17) is 5.11 Å². The number of rotatable bonds is 5. The first kappa shape index (κ1) is 15.8. The number of hydrogen-bond acceptors (Lipinski definition) is 2. The van der Waals surface area contributed by atoms with E-state index >= 15 is 0 Å². The third kappa shape index (κ3) is 4.11. The second-order valence-corrected chi connectivity index (χ2v) is 6.02. The van der Waals surface area contributed by atoms with Crippen molar-refractivity contribution in [2.45, 2.75) is 46.6 Å². The lowest BCUT2D eigenvalue weighted by Gasteiger charge is -2.28. The molecule has 0 saturated carbocycles. The zero-order chi connectivity index (χ0) is 14.6. The molecule has 0 bridgehead atoms. The van der Waals surface area contributed by atoms with Crippen LogP contribution in [-0.2, 0) is 4.79 Å². The molecule has 110 valence electrons. The molecule has 2 atom stereocenters.